The summed E-state index contributed by atoms with van der Waals surface area (Å²) in [5.41, 5.74) is 8.88. The largest absolute Gasteiger partial charge is 0.398 e. The van der Waals surface area contributed by atoms with Crippen molar-refractivity contribution in [3.8, 4) is 0 Å². The van der Waals surface area contributed by atoms with Gasteiger partial charge in [0.1, 0.15) is 0 Å². The molecule has 0 heterocycles. The summed E-state index contributed by atoms with van der Waals surface area (Å²) in [6.07, 6.45) is 0. The zero-order valence-electron chi connectivity index (χ0n) is 11.5. The first-order chi connectivity index (χ1) is 9.49. The van der Waals surface area contributed by atoms with Crippen molar-refractivity contribution >= 4 is 33.2 Å². The molecule has 0 radical (unpaired) electrons. The van der Waals surface area contributed by atoms with Crippen LogP contribution in [0.2, 0.25) is 0 Å². The number of halogens is 1. The van der Waals surface area contributed by atoms with E-state index in [1.165, 1.54) is 0 Å². The molecule has 0 bridgehead atoms. The summed E-state index contributed by atoms with van der Waals surface area (Å²) < 4.78 is 0.724. The molecule has 1 amide bonds. The molecule has 0 atom stereocenters. The van der Waals surface area contributed by atoms with E-state index in [0.29, 0.717) is 17.2 Å². The number of carbonyl (C=O) groups is 1. The van der Waals surface area contributed by atoms with Crippen LogP contribution < -0.4 is 11.1 Å². The number of nitrogens with two attached hydrogens (primary N) is 1. The van der Waals surface area contributed by atoms with Gasteiger partial charge >= 0.3 is 0 Å². The van der Waals surface area contributed by atoms with E-state index in [1.807, 2.05) is 24.3 Å². The lowest BCUT2D eigenvalue weighted by molar-refractivity contribution is 0.102. The Morgan fingerprint density at radius 2 is 1.90 bits per heavy atom. The van der Waals surface area contributed by atoms with E-state index in [-0.39, 0.29) is 5.91 Å². The second kappa shape index (κ2) is 6.09. The van der Waals surface area contributed by atoms with E-state index >= 15 is 0 Å². The van der Waals surface area contributed by atoms with Gasteiger partial charge in [-0.15, -0.1) is 0 Å². The van der Waals surface area contributed by atoms with Crippen molar-refractivity contribution in [2.24, 2.45) is 0 Å². The molecule has 0 aliphatic heterocycles. The molecule has 0 saturated carbocycles. The Balaban J connectivity index is 2.26. The fourth-order valence-electron chi connectivity index (χ4n) is 1.98. The minimum Gasteiger partial charge on any atom is -0.398 e. The molecule has 0 fully saturated rings. The molecule has 0 spiro atoms. The average molecular weight is 333 g/mol. The van der Waals surface area contributed by atoms with Gasteiger partial charge in [-0.05, 0) is 51.7 Å². The van der Waals surface area contributed by atoms with Gasteiger partial charge < -0.3 is 11.1 Å². The number of hydrogen-bond donors (Lipinski definition) is 2. The smallest absolute Gasteiger partial charge is 0.255 e. The van der Waals surface area contributed by atoms with Crippen LogP contribution in [0, 0.1) is 0 Å². The predicted octanol–water partition coefficient (Wildman–Crippen LogP) is 4.41. The minimum atomic E-state index is -0.140. The van der Waals surface area contributed by atoms with Crippen molar-refractivity contribution in [3.63, 3.8) is 0 Å². The molecule has 0 saturated heterocycles. The zero-order chi connectivity index (χ0) is 14.7. The maximum atomic E-state index is 12.3. The van der Waals surface area contributed by atoms with Gasteiger partial charge in [-0.1, -0.05) is 32.0 Å². The lowest BCUT2D eigenvalue weighted by Gasteiger charge is -2.13. The van der Waals surface area contributed by atoms with Gasteiger partial charge in [-0.2, -0.15) is 0 Å². The Morgan fingerprint density at radius 3 is 2.55 bits per heavy atom. The quantitative estimate of drug-likeness (QED) is 0.818. The Kier molecular flexibility index (Phi) is 4.45. The first kappa shape index (κ1) is 14.6. The van der Waals surface area contributed by atoms with Crippen LogP contribution in [0.25, 0.3) is 0 Å². The number of nitrogen functional groups attached to an aromatic ring is 1. The van der Waals surface area contributed by atoms with Crippen LogP contribution in [-0.2, 0) is 0 Å². The van der Waals surface area contributed by atoms with Crippen molar-refractivity contribution in [2.45, 2.75) is 19.8 Å². The molecular weight excluding hydrogens is 316 g/mol. The molecule has 0 aromatic heterocycles. The highest BCUT2D eigenvalue weighted by molar-refractivity contribution is 9.10. The predicted molar refractivity (Wildman–Crippen MR) is 87.0 cm³/mol. The highest BCUT2D eigenvalue weighted by Gasteiger charge is 2.11. The lowest BCUT2D eigenvalue weighted by Crippen LogP contribution is -2.13. The molecule has 20 heavy (non-hydrogen) atoms. The van der Waals surface area contributed by atoms with Crippen LogP contribution in [0.3, 0.4) is 0 Å². The fraction of sp³-hybridized carbons (Fsp3) is 0.188. The van der Waals surface area contributed by atoms with Crippen LogP contribution >= 0.6 is 15.9 Å². The molecule has 0 aliphatic carbocycles. The summed E-state index contributed by atoms with van der Waals surface area (Å²) in [4.78, 5) is 12.3. The summed E-state index contributed by atoms with van der Waals surface area (Å²) >= 11 is 3.33. The molecule has 4 heteroatoms. The summed E-state index contributed by atoms with van der Waals surface area (Å²) in [5, 5.41) is 2.95. The first-order valence-corrected chi connectivity index (χ1v) is 7.23. The molecule has 2 aromatic carbocycles. The van der Waals surface area contributed by atoms with E-state index in [1.54, 1.807) is 18.2 Å². The second-order valence-electron chi connectivity index (χ2n) is 4.93. The van der Waals surface area contributed by atoms with Crippen LogP contribution in [0.5, 0.6) is 0 Å². The van der Waals surface area contributed by atoms with Gasteiger partial charge in [0.2, 0.25) is 0 Å². The second-order valence-corrected chi connectivity index (χ2v) is 5.79. The lowest BCUT2D eigenvalue weighted by atomic mass is 10.0. The van der Waals surface area contributed by atoms with Gasteiger partial charge in [0, 0.05) is 21.4 Å². The van der Waals surface area contributed by atoms with Gasteiger partial charge in [-0.25, -0.2) is 0 Å². The third-order valence-electron chi connectivity index (χ3n) is 3.09. The van der Waals surface area contributed by atoms with Crippen molar-refractivity contribution < 1.29 is 4.79 Å². The molecule has 3 N–H and O–H groups in total. The van der Waals surface area contributed by atoms with Crippen molar-refractivity contribution in [1.29, 1.82) is 0 Å². The third kappa shape index (κ3) is 3.20. The summed E-state index contributed by atoms with van der Waals surface area (Å²) in [5.74, 6) is 0.212. The zero-order valence-corrected chi connectivity index (χ0v) is 13.1. The molecule has 0 aliphatic rings. The van der Waals surface area contributed by atoms with E-state index in [4.69, 9.17) is 5.73 Å². The van der Waals surface area contributed by atoms with E-state index in [0.717, 1.165) is 15.7 Å². The number of nitrogens with one attached hydrogen (secondary N) is 1. The Bertz CT molecular complexity index is 638. The Hall–Kier alpha value is -1.81. The van der Waals surface area contributed by atoms with Crippen LogP contribution in [0.4, 0.5) is 11.4 Å². The van der Waals surface area contributed by atoms with E-state index in [2.05, 4.69) is 35.1 Å². The molecular formula is C16H17BrN2O. The summed E-state index contributed by atoms with van der Waals surface area (Å²) in [6.45, 7) is 4.20. The Morgan fingerprint density at radius 1 is 1.20 bits per heavy atom. The topological polar surface area (TPSA) is 55.1 Å². The van der Waals surface area contributed by atoms with Gasteiger partial charge in [0.25, 0.3) is 5.91 Å². The van der Waals surface area contributed by atoms with Crippen LogP contribution in [0.1, 0.15) is 35.7 Å². The third-order valence-corrected chi connectivity index (χ3v) is 3.78. The molecule has 0 unspecified atom stereocenters. The maximum absolute atomic E-state index is 12.3. The van der Waals surface area contributed by atoms with Gasteiger partial charge in [0.15, 0.2) is 0 Å². The average Bonchev–Trinajstić information content (AvgIpc) is 2.42. The van der Waals surface area contributed by atoms with Crippen molar-refractivity contribution in [2.75, 3.05) is 11.1 Å². The van der Waals surface area contributed by atoms with E-state index < -0.39 is 0 Å². The van der Waals surface area contributed by atoms with Gasteiger partial charge in [0.05, 0.1) is 0 Å². The molecule has 3 nitrogen and oxygen atoms in total. The molecule has 104 valence electrons. The first-order valence-electron chi connectivity index (χ1n) is 6.44. The number of anilines is 2. The Labute approximate surface area is 127 Å². The standard InChI is InChI=1S/C16H17BrN2O/c1-10(2)12-5-3-4-6-15(12)19-16(20)11-7-8-14(18)13(17)9-11/h3-10H,18H2,1-2H3,(H,19,20). The molecule has 2 rings (SSSR count). The SMILES string of the molecule is CC(C)c1ccccc1NC(=O)c1ccc(N)c(Br)c1. The number of hydrogen-bond acceptors (Lipinski definition) is 2. The molecule has 2 aromatic rings. The number of rotatable bonds is 3. The van der Waals surface area contributed by atoms with Crippen LogP contribution in [0.15, 0.2) is 46.9 Å². The van der Waals surface area contributed by atoms with Crippen LogP contribution in [-0.4, -0.2) is 5.91 Å². The fourth-order valence-corrected chi connectivity index (χ4v) is 2.36. The number of para-hydroxylation sites is 1. The normalized spacial score (nSPS) is 10.6. The number of carbonyl (C=O) groups excluding carboxylic acids is 1. The highest BCUT2D eigenvalue weighted by Crippen LogP contribution is 2.25. The van der Waals surface area contributed by atoms with Crippen molar-refractivity contribution in [1.82, 2.24) is 0 Å². The number of amides is 1. The highest BCUT2D eigenvalue weighted by atomic mass is 79.9. The maximum Gasteiger partial charge on any atom is 0.255 e. The van der Waals surface area contributed by atoms with Crippen molar-refractivity contribution in [3.05, 3.63) is 58.1 Å². The summed E-state index contributed by atoms with van der Waals surface area (Å²) in [7, 11) is 0. The monoisotopic (exact) mass is 332 g/mol. The van der Waals surface area contributed by atoms with E-state index in [9.17, 15) is 4.79 Å². The van der Waals surface area contributed by atoms with Gasteiger partial charge in [-0.3, -0.25) is 4.79 Å². The number of benzene rings is 2. The summed E-state index contributed by atoms with van der Waals surface area (Å²) in [6, 6.07) is 13.0. The minimum absolute atomic E-state index is 0.140.